The lowest BCUT2D eigenvalue weighted by Gasteiger charge is -2.54. The Kier molecular flexibility index (Phi) is 3.42. The maximum Gasteiger partial charge on any atom is 0.0635 e. The zero-order valence-corrected chi connectivity index (χ0v) is 10.4. The molecule has 86 valence electrons. The minimum atomic E-state index is 0.109. The molecule has 3 nitrogen and oxygen atoms in total. The lowest BCUT2D eigenvalue weighted by molar-refractivity contribution is -0.0327. The first-order chi connectivity index (χ1) is 6.79. The molecule has 1 rings (SSSR count). The van der Waals surface area contributed by atoms with Gasteiger partial charge in [0.15, 0.2) is 0 Å². The second-order valence-corrected chi connectivity index (χ2v) is 5.85. The maximum atomic E-state index is 8.69. The van der Waals surface area contributed by atoms with Crippen LogP contribution < -0.4 is 5.73 Å². The minimum absolute atomic E-state index is 0.109. The third kappa shape index (κ3) is 2.70. The first-order valence-corrected chi connectivity index (χ1v) is 5.70. The van der Waals surface area contributed by atoms with E-state index in [1.54, 1.807) is 0 Å². The molecule has 1 aliphatic heterocycles. The molecule has 0 aromatic heterocycles. The summed E-state index contributed by atoms with van der Waals surface area (Å²) in [7, 11) is 0. The summed E-state index contributed by atoms with van der Waals surface area (Å²) >= 11 is 0. The van der Waals surface area contributed by atoms with Crippen molar-refractivity contribution in [1.82, 2.24) is 4.90 Å². The van der Waals surface area contributed by atoms with Gasteiger partial charge in [-0.3, -0.25) is 4.90 Å². The maximum absolute atomic E-state index is 8.69. The number of hydrogen-bond donors (Lipinski definition) is 1. The van der Waals surface area contributed by atoms with Crippen molar-refractivity contribution in [3.05, 3.63) is 0 Å². The van der Waals surface area contributed by atoms with Crippen LogP contribution in [0.15, 0.2) is 0 Å². The standard InChI is InChI=1S/C12H23N3/c1-11(2)8-10(14)9-12(3,4)15(11)7-5-6-13/h10H,5,7-9,14H2,1-4H3. The van der Waals surface area contributed by atoms with Gasteiger partial charge in [-0.1, -0.05) is 0 Å². The number of hydrogen-bond acceptors (Lipinski definition) is 3. The van der Waals surface area contributed by atoms with Gasteiger partial charge in [0.1, 0.15) is 0 Å². The molecule has 0 aromatic rings. The molecule has 15 heavy (non-hydrogen) atoms. The number of nitrogens with zero attached hydrogens (tertiary/aromatic N) is 2. The van der Waals surface area contributed by atoms with Crippen molar-refractivity contribution in [2.24, 2.45) is 5.73 Å². The smallest absolute Gasteiger partial charge is 0.0635 e. The average Bonchev–Trinajstić information content (AvgIpc) is 1.98. The van der Waals surface area contributed by atoms with Gasteiger partial charge in [0.2, 0.25) is 0 Å². The lowest BCUT2D eigenvalue weighted by Crippen LogP contribution is -2.63. The van der Waals surface area contributed by atoms with Crippen LogP contribution in [-0.4, -0.2) is 28.6 Å². The van der Waals surface area contributed by atoms with Crippen LogP contribution in [-0.2, 0) is 0 Å². The Hall–Kier alpha value is -0.590. The molecule has 1 saturated heterocycles. The Morgan fingerprint density at radius 1 is 1.27 bits per heavy atom. The summed E-state index contributed by atoms with van der Waals surface area (Å²) in [6, 6.07) is 2.51. The molecule has 0 spiro atoms. The van der Waals surface area contributed by atoms with Crippen molar-refractivity contribution in [3.63, 3.8) is 0 Å². The highest BCUT2D eigenvalue weighted by molar-refractivity contribution is 5.01. The number of nitrogens with two attached hydrogens (primary N) is 1. The molecular weight excluding hydrogens is 186 g/mol. The van der Waals surface area contributed by atoms with E-state index in [4.69, 9.17) is 11.0 Å². The SMILES string of the molecule is CC1(C)CC(N)CC(C)(C)N1CCC#N. The third-order valence-corrected chi connectivity index (χ3v) is 3.43. The van der Waals surface area contributed by atoms with E-state index in [1.807, 2.05) is 0 Å². The highest BCUT2D eigenvalue weighted by Crippen LogP contribution is 2.37. The van der Waals surface area contributed by atoms with E-state index in [-0.39, 0.29) is 17.1 Å². The highest BCUT2D eigenvalue weighted by atomic mass is 15.3. The zero-order valence-electron chi connectivity index (χ0n) is 10.4. The summed E-state index contributed by atoms with van der Waals surface area (Å²) in [5, 5.41) is 8.69. The fourth-order valence-corrected chi connectivity index (χ4v) is 3.16. The number of rotatable bonds is 2. The van der Waals surface area contributed by atoms with Crippen molar-refractivity contribution in [3.8, 4) is 6.07 Å². The van der Waals surface area contributed by atoms with Crippen LogP contribution in [0.5, 0.6) is 0 Å². The third-order valence-electron chi connectivity index (χ3n) is 3.43. The van der Waals surface area contributed by atoms with Crippen LogP contribution >= 0.6 is 0 Å². The number of piperidine rings is 1. The second kappa shape index (κ2) is 4.11. The molecule has 0 atom stereocenters. The summed E-state index contributed by atoms with van der Waals surface area (Å²) in [4.78, 5) is 2.44. The van der Waals surface area contributed by atoms with Gasteiger partial charge in [-0.05, 0) is 40.5 Å². The van der Waals surface area contributed by atoms with E-state index in [0.29, 0.717) is 6.42 Å². The van der Waals surface area contributed by atoms with Gasteiger partial charge in [0.05, 0.1) is 6.07 Å². The Morgan fingerprint density at radius 3 is 2.13 bits per heavy atom. The van der Waals surface area contributed by atoms with Gasteiger partial charge in [-0.25, -0.2) is 0 Å². The van der Waals surface area contributed by atoms with Crippen LogP contribution in [0.4, 0.5) is 0 Å². The van der Waals surface area contributed by atoms with Crippen molar-refractivity contribution in [2.45, 2.75) is 64.1 Å². The second-order valence-electron chi connectivity index (χ2n) is 5.85. The molecule has 1 aliphatic rings. The normalized spacial score (nSPS) is 26.1. The minimum Gasteiger partial charge on any atom is -0.328 e. The fraction of sp³-hybridized carbons (Fsp3) is 0.917. The van der Waals surface area contributed by atoms with Gasteiger partial charge in [0, 0.05) is 30.1 Å². The molecule has 0 bridgehead atoms. The van der Waals surface area contributed by atoms with E-state index >= 15 is 0 Å². The van der Waals surface area contributed by atoms with Gasteiger partial charge < -0.3 is 5.73 Å². The van der Waals surface area contributed by atoms with Crippen LogP contribution in [0.2, 0.25) is 0 Å². The first kappa shape index (κ1) is 12.5. The Balaban J connectivity index is 2.83. The zero-order chi connectivity index (χ0) is 11.7. The monoisotopic (exact) mass is 209 g/mol. The van der Waals surface area contributed by atoms with Gasteiger partial charge in [0.25, 0.3) is 0 Å². The predicted octanol–water partition coefficient (Wildman–Crippen LogP) is 1.88. The quantitative estimate of drug-likeness (QED) is 0.755. The molecule has 0 unspecified atom stereocenters. The van der Waals surface area contributed by atoms with Gasteiger partial charge in [-0.15, -0.1) is 0 Å². The summed E-state index contributed by atoms with van der Waals surface area (Å²) < 4.78 is 0. The van der Waals surface area contributed by atoms with Gasteiger partial charge >= 0.3 is 0 Å². The van der Waals surface area contributed by atoms with E-state index in [9.17, 15) is 0 Å². The largest absolute Gasteiger partial charge is 0.328 e. The Labute approximate surface area is 93.2 Å². The molecule has 0 aliphatic carbocycles. The molecule has 0 aromatic carbocycles. The lowest BCUT2D eigenvalue weighted by atomic mass is 9.77. The Morgan fingerprint density at radius 2 is 1.73 bits per heavy atom. The highest BCUT2D eigenvalue weighted by Gasteiger charge is 2.43. The number of likely N-dealkylation sites (tertiary alicyclic amines) is 1. The van der Waals surface area contributed by atoms with Crippen LogP contribution in [0.3, 0.4) is 0 Å². The average molecular weight is 209 g/mol. The molecule has 0 amide bonds. The van der Waals surface area contributed by atoms with Crippen molar-refractivity contribution < 1.29 is 0 Å². The molecule has 2 N–H and O–H groups in total. The van der Waals surface area contributed by atoms with Crippen molar-refractivity contribution in [2.75, 3.05) is 6.54 Å². The van der Waals surface area contributed by atoms with Crippen LogP contribution in [0.1, 0.15) is 47.0 Å². The van der Waals surface area contributed by atoms with E-state index in [1.165, 1.54) is 0 Å². The molecular formula is C12H23N3. The predicted molar refractivity (Wildman–Crippen MR) is 62.3 cm³/mol. The van der Waals surface area contributed by atoms with E-state index < -0.39 is 0 Å². The number of nitriles is 1. The fourth-order valence-electron chi connectivity index (χ4n) is 3.16. The van der Waals surface area contributed by atoms with E-state index in [2.05, 4.69) is 38.7 Å². The van der Waals surface area contributed by atoms with E-state index in [0.717, 1.165) is 19.4 Å². The topological polar surface area (TPSA) is 53.0 Å². The molecule has 0 radical (unpaired) electrons. The summed E-state index contributed by atoms with van der Waals surface area (Å²) in [6.45, 7) is 9.76. The molecule has 1 fully saturated rings. The van der Waals surface area contributed by atoms with Crippen molar-refractivity contribution >= 4 is 0 Å². The molecule has 1 heterocycles. The first-order valence-electron chi connectivity index (χ1n) is 5.70. The Bertz CT molecular complexity index is 245. The molecule has 0 saturated carbocycles. The van der Waals surface area contributed by atoms with Gasteiger partial charge in [-0.2, -0.15) is 5.26 Å². The van der Waals surface area contributed by atoms with Crippen molar-refractivity contribution in [1.29, 1.82) is 5.26 Å². The summed E-state index contributed by atoms with van der Waals surface area (Å²) in [6.07, 6.45) is 2.63. The van der Waals surface area contributed by atoms with Crippen LogP contribution in [0, 0.1) is 11.3 Å². The summed E-state index contributed by atoms with van der Waals surface area (Å²) in [5.74, 6) is 0. The molecule has 3 heteroatoms. The van der Waals surface area contributed by atoms with Crippen LogP contribution in [0.25, 0.3) is 0 Å². The summed E-state index contributed by atoms with van der Waals surface area (Å²) in [5.41, 5.74) is 6.30.